The van der Waals surface area contributed by atoms with Gasteiger partial charge >= 0.3 is 11.9 Å². The number of fused-ring (bicyclic) bond motifs is 1. The number of nitrogens with two attached hydrogens (primary N) is 2. The van der Waals surface area contributed by atoms with Gasteiger partial charge in [-0.3, -0.25) is 24.0 Å². The van der Waals surface area contributed by atoms with Crippen molar-refractivity contribution in [2.24, 2.45) is 17.4 Å². The predicted molar refractivity (Wildman–Crippen MR) is 134 cm³/mol. The smallest absolute Gasteiger partial charge is 0.326 e. The molecule has 1 heterocycles. The summed E-state index contributed by atoms with van der Waals surface area (Å²) in [5, 5.41) is 25.7. The van der Waals surface area contributed by atoms with Crippen molar-refractivity contribution < 1.29 is 39.0 Å². The van der Waals surface area contributed by atoms with Crippen molar-refractivity contribution in [3.05, 3.63) is 36.0 Å². The summed E-state index contributed by atoms with van der Waals surface area (Å²) in [6.07, 6.45) is 0.286. The summed E-state index contributed by atoms with van der Waals surface area (Å²) in [6.45, 7) is 3.26. The average Bonchev–Trinajstić information content (AvgIpc) is 3.23. The van der Waals surface area contributed by atoms with Crippen molar-refractivity contribution in [1.29, 1.82) is 0 Å². The summed E-state index contributed by atoms with van der Waals surface area (Å²) in [5.41, 5.74) is 13.0. The Labute approximate surface area is 217 Å². The zero-order valence-corrected chi connectivity index (χ0v) is 20.9. The van der Waals surface area contributed by atoms with Crippen LogP contribution < -0.4 is 27.4 Å². The minimum absolute atomic E-state index is 0.176. The first-order chi connectivity index (χ1) is 17.8. The van der Waals surface area contributed by atoms with Crippen molar-refractivity contribution in [2.45, 2.75) is 57.3 Å². The van der Waals surface area contributed by atoms with Gasteiger partial charge < -0.3 is 42.6 Å². The van der Waals surface area contributed by atoms with E-state index in [0.29, 0.717) is 0 Å². The number of carboxylic acid groups (broad SMARTS) is 2. The Bertz CT molecular complexity index is 1210. The first kappa shape index (κ1) is 29.8. The van der Waals surface area contributed by atoms with Crippen LogP contribution in [0.25, 0.3) is 10.9 Å². The quantitative estimate of drug-likeness (QED) is 0.142. The molecule has 0 fully saturated rings. The zero-order valence-electron chi connectivity index (χ0n) is 20.9. The average molecular weight is 533 g/mol. The van der Waals surface area contributed by atoms with Gasteiger partial charge in [0.2, 0.25) is 23.6 Å². The molecule has 0 radical (unpaired) electrons. The van der Waals surface area contributed by atoms with Crippen molar-refractivity contribution in [1.82, 2.24) is 20.9 Å². The molecule has 14 heteroatoms. The summed E-state index contributed by atoms with van der Waals surface area (Å²) in [6, 6.07) is 1.86. The molecule has 0 saturated heterocycles. The molecule has 14 nitrogen and oxygen atoms in total. The second kappa shape index (κ2) is 13.2. The van der Waals surface area contributed by atoms with Crippen LogP contribution in [-0.2, 0) is 35.2 Å². The molecule has 1 aromatic heterocycles. The molecule has 4 amide bonds. The number of amides is 4. The maximum atomic E-state index is 13.0. The van der Waals surface area contributed by atoms with E-state index in [1.807, 2.05) is 29.6 Å². The van der Waals surface area contributed by atoms with Crippen molar-refractivity contribution >= 4 is 46.5 Å². The lowest BCUT2D eigenvalue weighted by Crippen LogP contribution is -2.59. The number of carbonyl (C=O) groups excluding carboxylic acids is 4. The van der Waals surface area contributed by atoms with Gasteiger partial charge in [0.25, 0.3) is 0 Å². The van der Waals surface area contributed by atoms with E-state index < -0.39 is 78.5 Å². The number of primary amides is 1. The third kappa shape index (κ3) is 8.30. The number of benzene rings is 1. The van der Waals surface area contributed by atoms with E-state index in [2.05, 4.69) is 15.6 Å². The van der Waals surface area contributed by atoms with Crippen LogP contribution in [0.3, 0.4) is 0 Å². The molecule has 38 heavy (non-hydrogen) atoms. The highest BCUT2D eigenvalue weighted by atomic mass is 16.4. The van der Waals surface area contributed by atoms with E-state index in [1.54, 1.807) is 20.0 Å². The summed E-state index contributed by atoms with van der Waals surface area (Å²) < 4.78 is 0. The molecule has 2 rings (SSSR count). The minimum atomic E-state index is -1.81. The number of H-pyrrole nitrogens is 1. The number of carboxylic acids is 2. The lowest BCUT2D eigenvalue weighted by Gasteiger charge is -2.26. The standard InChI is InChI=1S/C24H32N6O8/c1-11(2)20(30-21(34)14(25)7-12-10-27-15-6-4-3-5-13(12)15)23(36)28-16(8-18(26)31)22(35)29-17(24(37)38)9-19(32)33/h3-6,10-11,14,16-17,20,27H,7-9,25H2,1-2H3,(H2,26,31)(H,28,36)(H,29,35)(H,30,34)(H,32,33)(H,37,38). The normalized spacial score (nSPS) is 14.2. The summed E-state index contributed by atoms with van der Waals surface area (Å²) in [7, 11) is 0. The fourth-order valence-corrected chi connectivity index (χ4v) is 3.74. The van der Waals surface area contributed by atoms with E-state index >= 15 is 0 Å². The Hall–Kier alpha value is -4.46. The topological polar surface area (TPSA) is 247 Å². The summed E-state index contributed by atoms with van der Waals surface area (Å²) in [4.78, 5) is 75.3. The Balaban J connectivity index is 2.11. The molecule has 0 aliphatic heterocycles. The van der Waals surface area contributed by atoms with Gasteiger partial charge in [-0.1, -0.05) is 32.0 Å². The Morgan fingerprint density at radius 1 is 0.895 bits per heavy atom. The second-order valence-electron chi connectivity index (χ2n) is 9.13. The number of para-hydroxylation sites is 1. The fraction of sp³-hybridized carbons (Fsp3) is 0.417. The number of hydrogen-bond acceptors (Lipinski definition) is 7. The molecule has 0 saturated carbocycles. The molecule has 0 spiro atoms. The summed E-state index contributed by atoms with van der Waals surface area (Å²) in [5.74, 6) is -7.18. The van der Waals surface area contributed by atoms with E-state index in [9.17, 15) is 28.8 Å². The second-order valence-corrected chi connectivity index (χ2v) is 9.13. The van der Waals surface area contributed by atoms with Gasteiger partial charge in [-0.15, -0.1) is 0 Å². The van der Waals surface area contributed by atoms with Crippen LogP contribution in [-0.4, -0.2) is 74.9 Å². The maximum Gasteiger partial charge on any atom is 0.326 e. The first-order valence-electron chi connectivity index (χ1n) is 11.7. The Kier molecular flexibility index (Phi) is 10.3. The highest BCUT2D eigenvalue weighted by molar-refractivity contribution is 5.96. The molecule has 206 valence electrons. The molecule has 0 bridgehead atoms. The Morgan fingerprint density at radius 3 is 2.11 bits per heavy atom. The van der Waals surface area contributed by atoms with Crippen molar-refractivity contribution in [3.8, 4) is 0 Å². The Morgan fingerprint density at radius 2 is 1.53 bits per heavy atom. The number of hydrogen-bond donors (Lipinski definition) is 8. The van der Waals surface area contributed by atoms with Gasteiger partial charge in [0.05, 0.1) is 18.9 Å². The number of aliphatic carboxylic acids is 2. The molecule has 0 aliphatic carbocycles. The van der Waals surface area contributed by atoms with E-state index in [1.165, 1.54) is 0 Å². The number of carbonyl (C=O) groups is 6. The van der Waals surface area contributed by atoms with Crippen LogP contribution in [0.15, 0.2) is 30.5 Å². The number of aromatic nitrogens is 1. The van der Waals surface area contributed by atoms with Gasteiger partial charge in [-0.05, 0) is 24.0 Å². The summed E-state index contributed by atoms with van der Waals surface area (Å²) >= 11 is 0. The highest BCUT2D eigenvalue weighted by Gasteiger charge is 2.33. The fourth-order valence-electron chi connectivity index (χ4n) is 3.74. The molecule has 0 aliphatic rings. The van der Waals surface area contributed by atoms with Gasteiger partial charge in [0, 0.05) is 17.1 Å². The van der Waals surface area contributed by atoms with Gasteiger partial charge in [-0.2, -0.15) is 0 Å². The van der Waals surface area contributed by atoms with Gasteiger partial charge in [0.1, 0.15) is 18.1 Å². The molecular weight excluding hydrogens is 500 g/mol. The molecule has 1 aromatic carbocycles. The third-order valence-electron chi connectivity index (χ3n) is 5.73. The highest BCUT2D eigenvalue weighted by Crippen LogP contribution is 2.19. The predicted octanol–water partition coefficient (Wildman–Crippen LogP) is -1.42. The largest absolute Gasteiger partial charge is 0.481 e. The van der Waals surface area contributed by atoms with Crippen LogP contribution in [0.4, 0.5) is 0 Å². The molecule has 4 unspecified atom stereocenters. The first-order valence-corrected chi connectivity index (χ1v) is 11.7. The SMILES string of the molecule is CC(C)C(NC(=O)C(N)Cc1c[nH]c2ccccc12)C(=O)NC(CC(N)=O)C(=O)NC(CC(=O)O)C(=O)O. The molecule has 10 N–H and O–H groups in total. The number of nitrogens with one attached hydrogen (secondary N) is 4. The molecule has 2 aromatic rings. The lowest BCUT2D eigenvalue weighted by atomic mass is 10.0. The number of aromatic amines is 1. The molecular formula is C24H32N6O8. The van der Waals surface area contributed by atoms with Gasteiger partial charge in [-0.25, -0.2) is 4.79 Å². The third-order valence-corrected chi connectivity index (χ3v) is 5.73. The molecule has 4 atom stereocenters. The van der Waals surface area contributed by atoms with Gasteiger partial charge in [0.15, 0.2) is 0 Å². The van der Waals surface area contributed by atoms with E-state index in [0.717, 1.165) is 16.5 Å². The van der Waals surface area contributed by atoms with Crippen molar-refractivity contribution in [2.75, 3.05) is 0 Å². The van der Waals surface area contributed by atoms with Crippen LogP contribution in [0.5, 0.6) is 0 Å². The maximum absolute atomic E-state index is 13.0. The van der Waals surface area contributed by atoms with Crippen LogP contribution >= 0.6 is 0 Å². The van der Waals surface area contributed by atoms with Crippen molar-refractivity contribution in [3.63, 3.8) is 0 Å². The van der Waals surface area contributed by atoms with Crippen LogP contribution in [0.1, 0.15) is 32.3 Å². The van der Waals surface area contributed by atoms with Crippen LogP contribution in [0.2, 0.25) is 0 Å². The minimum Gasteiger partial charge on any atom is -0.481 e. The zero-order chi connectivity index (χ0) is 28.6. The lowest BCUT2D eigenvalue weighted by molar-refractivity contribution is -0.147. The van der Waals surface area contributed by atoms with E-state index in [-0.39, 0.29) is 6.42 Å². The van der Waals surface area contributed by atoms with E-state index in [4.69, 9.17) is 21.7 Å². The monoisotopic (exact) mass is 532 g/mol. The number of rotatable bonds is 14. The van der Waals surface area contributed by atoms with Crippen LogP contribution in [0, 0.1) is 5.92 Å².